The molecule has 8 nitrogen and oxygen atoms in total. The van der Waals surface area contributed by atoms with Gasteiger partial charge in [-0.2, -0.15) is 0 Å². The second kappa shape index (κ2) is 9.97. The van der Waals surface area contributed by atoms with Gasteiger partial charge in [0.25, 0.3) is 11.5 Å². The third-order valence-corrected chi connectivity index (χ3v) is 6.36. The van der Waals surface area contributed by atoms with Crippen LogP contribution >= 0.6 is 24.8 Å². The van der Waals surface area contributed by atoms with Crippen LogP contribution in [0.15, 0.2) is 35.4 Å². The number of halogens is 2. The third-order valence-electron chi connectivity index (χ3n) is 6.36. The molecule has 3 aliphatic heterocycles. The monoisotopic (exact) mass is 466 g/mol. The van der Waals surface area contributed by atoms with E-state index in [9.17, 15) is 9.59 Å². The highest BCUT2D eigenvalue weighted by molar-refractivity contribution is 5.94. The summed E-state index contributed by atoms with van der Waals surface area (Å²) in [7, 11) is 0. The molecular formula is C21H28Cl2N6O2. The molecule has 2 saturated heterocycles. The Bertz CT molecular complexity index is 970. The van der Waals surface area contributed by atoms with Crippen molar-refractivity contribution in [3.8, 4) is 0 Å². The van der Waals surface area contributed by atoms with Crippen LogP contribution in [-0.4, -0.2) is 64.6 Å². The zero-order valence-corrected chi connectivity index (χ0v) is 18.9. The summed E-state index contributed by atoms with van der Waals surface area (Å²) in [6, 6.07) is 5.53. The van der Waals surface area contributed by atoms with Crippen LogP contribution in [0, 0.1) is 5.92 Å². The maximum Gasteiger partial charge on any atom is 0.263 e. The Morgan fingerprint density at radius 1 is 1.03 bits per heavy atom. The van der Waals surface area contributed by atoms with E-state index in [1.54, 1.807) is 29.4 Å². The first-order valence-corrected chi connectivity index (χ1v) is 10.5. The normalized spacial score (nSPS) is 22.5. The average Bonchev–Trinajstić information content (AvgIpc) is 3.01. The van der Waals surface area contributed by atoms with Crippen molar-refractivity contribution < 1.29 is 4.79 Å². The van der Waals surface area contributed by atoms with Crippen LogP contribution in [-0.2, 0) is 6.54 Å². The lowest BCUT2D eigenvalue weighted by molar-refractivity contribution is 0.0763. The van der Waals surface area contributed by atoms with Crippen molar-refractivity contribution in [3.63, 3.8) is 0 Å². The molecule has 5 rings (SSSR count). The number of rotatable bonds is 2. The van der Waals surface area contributed by atoms with Gasteiger partial charge in [0.1, 0.15) is 5.56 Å². The molecule has 0 saturated carbocycles. The molecule has 0 spiro atoms. The van der Waals surface area contributed by atoms with E-state index < -0.39 is 0 Å². The van der Waals surface area contributed by atoms with Crippen molar-refractivity contribution >= 4 is 36.7 Å². The summed E-state index contributed by atoms with van der Waals surface area (Å²) in [6.45, 7) is 5.23. The predicted octanol–water partition coefficient (Wildman–Crippen LogP) is 1.54. The summed E-state index contributed by atoms with van der Waals surface area (Å²) in [5, 5.41) is 3.46. The number of aromatic nitrogens is 3. The van der Waals surface area contributed by atoms with Crippen molar-refractivity contribution in [3.05, 3.63) is 52.2 Å². The SMILES string of the molecule is Cl.Cl.O=C(c1ccc2n(c1=O)C[C@@H]1CNC[C@H]2C1)N1CCCN(c2ncccn2)CC1. The Balaban J connectivity index is 0.00000136. The maximum absolute atomic E-state index is 13.2. The van der Waals surface area contributed by atoms with Gasteiger partial charge in [0.15, 0.2) is 0 Å². The molecule has 0 aromatic carbocycles. The minimum absolute atomic E-state index is 0. The Hall–Kier alpha value is -2.16. The van der Waals surface area contributed by atoms with Gasteiger partial charge in [0, 0.05) is 63.3 Å². The number of pyridine rings is 1. The van der Waals surface area contributed by atoms with E-state index in [-0.39, 0.29) is 36.3 Å². The fraction of sp³-hybridized carbons (Fsp3) is 0.524. The summed E-state index contributed by atoms with van der Waals surface area (Å²) in [4.78, 5) is 38.9. The maximum atomic E-state index is 13.2. The van der Waals surface area contributed by atoms with E-state index in [1.807, 2.05) is 10.6 Å². The molecule has 3 aliphatic rings. The minimum atomic E-state index is -0.157. The number of carbonyl (C=O) groups excluding carboxylic acids is 1. The summed E-state index contributed by atoms with van der Waals surface area (Å²) in [5.74, 6) is 1.38. The van der Waals surface area contributed by atoms with Crippen LogP contribution < -0.4 is 15.8 Å². The van der Waals surface area contributed by atoms with E-state index in [0.717, 1.165) is 38.2 Å². The molecule has 2 fully saturated rings. The highest BCUT2D eigenvalue weighted by Crippen LogP contribution is 2.31. The van der Waals surface area contributed by atoms with Gasteiger partial charge in [-0.15, -0.1) is 24.8 Å². The van der Waals surface area contributed by atoms with Crippen LogP contribution in [0.5, 0.6) is 0 Å². The summed E-state index contributed by atoms with van der Waals surface area (Å²) < 4.78 is 1.86. The number of fused-ring (bicyclic) bond motifs is 4. The van der Waals surface area contributed by atoms with Crippen molar-refractivity contribution in [2.45, 2.75) is 25.3 Å². The quantitative estimate of drug-likeness (QED) is 0.722. The summed E-state index contributed by atoms with van der Waals surface area (Å²) in [6.07, 6.45) is 5.42. The lowest BCUT2D eigenvalue weighted by Crippen LogP contribution is -2.46. The molecule has 1 amide bonds. The van der Waals surface area contributed by atoms with Crippen LogP contribution in [0.3, 0.4) is 0 Å². The van der Waals surface area contributed by atoms with Gasteiger partial charge in [-0.3, -0.25) is 9.59 Å². The highest BCUT2D eigenvalue weighted by atomic mass is 35.5. The number of nitrogens with one attached hydrogen (secondary N) is 1. The molecule has 1 N–H and O–H groups in total. The smallest absolute Gasteiger partial charge is 0.263 e. The molecular weight excluding hydrogens is 439 g/mol. The van der Waals surface area contributed by atoms with Crippen LogP contribution in [0.2, 0.25) is 0 Å². The molecule has 2 bridgehead atoms. The van der Waals surface area contributed by atoms with Crippen molar-refractivity contribution in [2.75, 3.05) is 44.2 Å². The van der Waals surface area contributed by atoms with Gasteiger partial charge in [0.2, 0.25) is 5.95 Å². The Kier molecular flexibility index (Phi) is 7.56. The summed E-state index contributed by atoms with van der Waals surface area (Å²) >= 11 is 0. The summed E-state index contributed by atoms with van der Waals surface area (Å²) in [5.41, 5.74) is 1.24. The third kappa shape index (κ3) is 4.56. The zero-order chi connectivity index (χ0) is 19.8. The molecule has 10 heteroatoms. The topological polar surface area (TPSA) is 83.4 Å². The van der Waals surface area contributed by atoms with Crippen molar-refractivity contribution in [2.24, 2.45) is 5.92 Å². The van der Waals surface area contributed by atoms with E-state index in [1.165, 1.54) is 0 Å². The van der Waals surface area contributed by atoms with Crippen LogP contribution in [0.1, 0.15) is 34.8 Å². The first kappa shape index (κ1) is 23.5. The van der Waals surface area contributed by atoms with E-state index in [0.29, 0.717) is 49.5 Å². The standard InChI is InChI=1S/C21H26N6O2.2ClH/c28-19(25-7-2-8-26(10-9-25)21-23-5-1-6-24-21)17-3-4-18-16-11-15(12-22-13-16)14-27(18)20(17)29;;/h1,3-6,15-16,22H,2,7-14H2;2*1H/t15-,16+;;/m0../s1. The van der Waals surface area contributed by atoms with Crippen LogP contribution in [0.25, 0.3) is 0 Å². The Morgan fingerprint density at radius 2 is 1.84 bits per heavy atom. The number of anilines is 1. The van der Waals surface area contributed by atoms with Gasteiger partial charge in [-0.05, 0) is 43.5 Å². The first-order valence-electron chi connectivity index (χ1n) is 10.5. The lowest BCUT2D eigenvalue weighted by atomic mass is 9.84. The highest BCUT2D eigenvalue weighted by Gasteiger charge is 2.32. The number of nitrogens with zero attached hydrogens (tertiary/aromatic N) is 5. The molecule has 168 valence electrons. The number of hydrogen-bond acceptors (Lipinski definition) is 6. The second-order valence-corrected chi connectivity index (χ2v) is 8.23. The van der Waals surface area contributed by atoms with E-state index >= 15 is 0 Å². The number of hydrogen-bond donors (Lipinski definition) is 1. The Labute approximate surface area is 193 Å². The number of piperidine rings is 1. The van der Waals surface area contributed by atoms with E-state index in [4.69, 9.17) is 0 Å². The molecule has 2 aromatic rings. The largest absolute Gasteiger partial charge is 0.339 e. The zero-order valence-electron chi connectivity index (χ0n) is 17.3. The van der Waals surface area contributed by atoms with Gasteiger partial charge in [-0.1, -0.05) is 0 Å². The van der Waals surface area contributed by atoms with Gasteiger partial charge in [-0.25, -0.2) is 9.97 Å². The van der Waals surface area contributed by atoms with Gasteiger partial charge < -0.3 is 19.7 Å². The lowest BCUT2D eigenvalue weighted by Gasteiger charge is -2.37. The first-order chi connectivity index (χ1) is 14.2. The Morgan fingerprint density at radius 3 is 2.65 bits per heavy atom. The molecule has 2 aromatic heterocycles. The minimum Gasteiger partial charge on any atom is -0.339 e. The van der Waals surface area contributed by atoms with Crippen molar-refractivity contribution in [1.29, 1.82) is 0 Å². The molecule has 31 heavy (non-hydrogen) atoms. The fourth-order valence-electron chi connectivity index (χ4n) is 4.90. The van der Waals surface area contributed by atoms with Crippen molar-refractivity contribution in [1.82, 2.24) is 24.8 Å². The fourth-order valence-corrected chi connectivity index (χ4v) is 4.90. The molecule has 2 atom stereocenters. The molecule has 0 radical (unpaired) electrons. The number of carbonyl (C=O) groups is 1. The molecule has 5 heterocycles. The predicted molar refractivity (Wildman–Crippen MR) is 124 cm³/mol. The molecule has 0 unspecified atom stereocenters. The van der Waals surface area contributed by atoms with Gasteiger partial charge in [0.05, 0.1) is 0 Å². The van der Waals surface area contributed by atoms with E-state index in [2.05, 4.69) is 20.2 Å². The number of amides is 1. The van der Waals surface area contributed by atoms with Crippen LogP contribution in [0.4, 0.5) is 5.95 Å². The average molecular weight is 467 g/mol. The van der Waals surface area contributed by atoms with Gasteiger partial charge >= 0.3 is 0 Å². The second-order valence-electron chi connectivity index (χ2n) is 8.23. The molecule has 0 aliphatic carbocycles.